The number of rotatable bonds is 5. The van der Waals surface area contributed by atoms with Crippen LogP contribution in [0.3, 0.4) is 0 Å². The molecule has 1 unspecified atom stereocenters. The van der Waals surface area contributed by atoms with Gasteiger partial charge in [-0.25, -0.2) is 0 Å². The van der Waals surface area contributed by atoms with Crippen LogP contribution < -0.4 is 10.1 Å². The maximum atomic E-state index is 12.6. The average Bonchev–Trinajstić information content (AvgIpc) is 2.65. The van der Waals surface area contributed by atoms with Gasteiger partial charge >= 0.3 is 0 Å². The first-order valence-corrected chi connectivity index (χ1v) is 9.06. The molecule has 1 amide bonds. The van der Waals surface area contributed by atoms with E-state index in [1.807, 2.05) is 25.1 Å². The Morgan fingerprint density at radius 2 is 1.78 bits per heavy atom. The summed E-state index contributed by atoms with van der Waals surface area (Å²) in [7, 11) is 0. The molecule has 3 rings (SSSR count). The average molecular weight is 363 g/mol. The lowest BCUT2D eigenvalue weighted by Gasteiger charge is -2.20. The van der Waals surface area contributed by atoms with E-state index in [4.69, 9.17) is 4.74 Å². The zero-order valence-electron chi connectivity index (χ0n) is 16.2. The van der Waals surface area contributed by atoms with Gasteiger partial charge in [-0.3, -0.25) is 14.8 Å². The van der Waals surface area contributed by atoms with E-state index in [0.29, 0.717) is 12.2 Å². The minimum atomic E-state index is -0.168. The third-order valence-electron chi connectivity index (χ3n) is 4.40. The lowest BCUT2D eigenvalue weighted by Crippen LogP contribution is -2.36. The van der Waals surface area contributed by atoms with Gasteiger partial charge in [-0.05, 0) is 36.1 Å². The number of carbonyl (C=O) groups is 1. The zero-order chi connectivity index (χ0) is 19.4. The summed E-state index contributed by atoms with van der Waals surface area (Å²) in [5, 5.41) is 4.65. The maximum absolute atomic E-state index is 12.6. The molecule has 5 nitrogen and oxygen atoms in total. The Hall–Kier alpha value is -2.95. The number of amides is 1. The summed E-state index contributed by atoms with van der Waals surface area (Å²) in [6.07, 6.45) is 6.66. The number of ether oxygens (including phenoxy) is 1. The van der Waals surface area contributed by atoms with Crippen molar-refractivity contribution in [1.29, 1.82) is 0 Å². The quantitative estimate of drug-likeness (QED) is 0.740. The Morgan fingerprint density at radius 3 is 2.48 bits per heavy atom. The van der Waals surface area contributed by atoms with Gasteiger partial charge in [-0.2, -0.15) is 0 Å². The second-order valence-electron chi connectivity index (χ2n) is 7.74. The SMILES string of the molecule is CC(COc1ccc(C(C)(C)C)cc1)NC(=O)c1cncc2cnccc12. The van der Waals surface area contributed by atoms with Crippen LogP contribution in [0.5, 0.6) is 5.75 Å². The summed E-state index contributed by atoms with van der Waals surface area (Å²) < 4.78 is 5.82. The van der Waals surface area contributed by atoms with Crippen LogP contribution in [0.1, 0.15) is 43.6 Å². The fourth-order valence-corrected chi connectivity index (χ4v) is 2.81. The lowest BCUT2D eigenvalue weighted by molar-refractivity contribution is 0.0928. The molecule has 3 aromatic rings. The summed E-state index contributed by atoms with van der Waals surface area (Å²) in [4.78, 5) is 20.8. The minimum absolute atomic E-state index is 0.113. The van der Waals surface area contributed by atoms with Crippen molar-refractivity contribution < 1.29 is 9.53 Å². The highest BCUT2D eigenvalue weighted by molar-refractivity contribution is 6.06. The molecule has 27 heavy (non-hydrogen) atoms. The maximum Gasteiger partial charge on any atom is 0.253 e. The molecule has 1 aromatic carbocycles. The number of nitrogens with one attached hydrogen (secondary N) is 1. The van der Waals surface area contributed by atoms with Crippen molar-refractivity contribution in [3.63, 3.8) is 0 Å². The Bertz CT molecular complexity index is 925. The number of hydrogen-bond acceptors (Lipinski definition) is 4. The van der Waals surface area contributed by atoms with Gasteiger partial charge < -0.3 is 10.1 Å². The Morgan fingerprint density at radius 1 is 1.07 bits per heavy atom. The Balaban J connectivity index is 1.60. The highest BCUT2D eigenvalue weighted by Crippen LogP contribution is 2.24. The minimum Gasteiger partial charge on any atom is -0.491 e. The second kappa shape index (κ2) is 7.74. The molecule has 140 valence electrons. The molecule has 0 aliphatic rings. The molecule has 5 heteroatoms. The molecule has 0 saturated carbocycles. The van der Waals surface area contributed by atoms with Crippen molar-refractivity contribution in [3.8, 4) is 5.75 Å². The van der Waals surface area contributed by atoms with Crippen LogP contribution in [0, 0.1) is 0 Å². The van der Waals surface area contributed by atoms with E-state index in [2.05, 4.69) is 48.2 Å². The molecule has 1 atom stereocenters. The molecule has 1 N–H and O–H groups in total. The summed E-state index contributed by atoms with van der Waals surface area (Å²) in [6.45, 7) is 8.85. The predicted octanol–water partition coefficient (Wildman–Crippen LogP) is 4.12. The third kappa shape index (κ3) is 4.61. The van der Waals surface area contributed by atoms with Crippen LogP contribution in [0.4, 0.5) is 0 Å². The summed E-state index contributed by atoms with van der Waals surface area (Å²) >= 11 is 0. The Labute approximate surface area is 159 Å². The first-order chi connectivity index (χ1) is 12.8. The smallest absolute Gasteiger partial charge is 0.253 e. The van der Waals surface area contributed by atoms with Gasteiger partial charge in [0.05, 0.1) is 11.6 Å². The second-order valence-corrected chi connectivity index (χ2v) is 7.74. The summed E-state index contributed by atoms with van der Waals surface area (Å²) in [5.41, 5.74) is 1.91. The molecule has 2 aromatic heterocycles. The number of aromatic nitrogens is 2. The van der Waals surface area contributed by atoms with E-state index in [9.17, 15) is 4.79 Å². The molecule has 2 heterocycles. The molecular formula is C22H25N3O2. The third-order valence-corrected chi connectivity index (χ3v) is 4.40. The van der Waals surface area contributed by atoms with Gasteiger partial charge in [0.2, 0.25) is 0 Å². The molecule has 0 radical (unpaired) electrons. The molecule has 0 bridgehead atoms. The number of pyridine rings is 2. The molecule has 0 fully saturated rings. The van der Waals surface area contributed by atoms with Crippen LogP contribution >= 0.6 is 0 Å². The van der Waals surface area contributed by atoms with E-state index in [0.717, 1.165) is 16.5 Å². The van der Waals surface area contributed by atoms with E-state index in [-0.39, 0.29) is 17.4 Å². The number of fused-ring (bicyclic) bond motifs is 1. The van der Waals surface area contributed by atoms with Crippen LogP contribution in [0.15, 0.2) is 55.1 Å². The standard InChI is InChI=1S/C22H25N3O2/c1-15(14-27-18-7-5-17(6-8-18)22(2,3)4)25-21(26)20-13-24-12-16-11-23-10-9-19(16)20/h5-13,15H,14H2,1-4H3,(H,25,26). The van der Waals surface area contributed by atoms with Gasteiger partial charge in [0.15, 0.2) is 0 Å². The largest absolute Gasteiger partial charge is 0.491 e. The van der Waals surface area contributed by atoms with E-state index < -0.39 is 0 Å². The highest BCUT2D eigenvalue weighted by Gasteiger charge is 2.15. The number of carbonyl (C=O) groups excluding carboxylic acids is 1. The summed E-state index contributed by atoms with van der Waals surface area (Å²) in [6, 6.07) is 9.78. The van der Waals surface area contributed by atoms with Gasteiger partial charge in [-0.15, -0.1) is 0 Å². The van der Waals surface area contributed by atoms with Crippen LogP contribution in [-0.2, 0) is 5.41 Å². The Kier molecular flexibility index (Phi) is 5.40. The number of benzene rings is 1. The first kappa shape index (κ1) is 18.8. The molecule has 0 aliphatic carbocycles. The van der Waals surface area contributed by atoms with Crippen molar-refractivity contribution in [2.45, 2.75) is 39.2 Å². The molecule has 0 aliphatic heterocycles. The molecular weight excluding hydrogens is 338 g/mol. The molecule has 0 spiro atoms. The molecule has 0 saturated heterocycles. The monoisotopic (exact) mass is 363 g/mol. The predicted molar refractivity (Wildman–Crippen MR) is 107 cm³/mol. The van der Waals surface area contributed by atoms with Crippen molar-refractivity contribution in [3.05, 3.63) is 66.2 Å². The zero-order valence-corrected chi connectivity index (χ0v) is 16.2. The number of nitrogens with zero attached hydrogens (tertiary/aromatic N) is 2. The van der Waals surface area contributed by atoms with E-state index in [1.54, 1.807) is 24.8 Å². The highest BCUT2D eigenvalue weighted by atomic mass is 16.5. The van der Waals surface area contributed by atoms with Crippen molar-refractivity contribution in [1.82, 2.24) is 15.3 Å². The lowest BCUT2D eigenvalue weighted by atomic mass is 9.87. The van der Waals surface area contributed by atoms with Crippen LogP contribution in [-0.4, -0.2) is 28.5 Å². The van der Waals surface area contributed by atoms with Crippen molar-refractivity contribution in [2.24, 2.45) is 0 Å². The number of hydrogen-bond donors (Lipinski definition) is 1. The van der Waals surface area contributed by atoms with Crippen LogP contribution in [0.2, 0.25) is 0 Å². The van der Waals surface area contributed by atoms with Gasteiger partial charge in [0.1, 0.15) is 12.4 Å². The first-order valence-electron chi connectivity index (χ1n) is 9.06. The fourth-order valence-electron chi connectivity index (χ4n) is 2.81. The van der Waals surface area contributed by atoms with E-state index >= 15 is 0 Å². The van der Waals surface area contributed by atoms with Crippen molar-refractivity contribution >= 4 is 16.7 Å². The van der Waals surface area contributed by atoms with Gasteiger partial charge in [0.25, 0.3) is 5.91 Å². The van der Waals surface area contributed by atoms with Gasteiger partial charge in [-0.1, -0.05) is 32.9 Å². The topological polar surface area (TPSA) is 64.1 Å². The van der Waals surface area contributed by atoms with Crippen molar-refractivity contribution in [2.75, 3.05) is 6.61 Å². The van der Waals surface area contributed by atoms with E-state index in [1.165, 1.54) is 5.56 Å². The van der Waals surface area contributed by atoms with Crippen LogP contribution in [0.25, 0.3) is 10.8 Å². The normalized spacial score (nSPS) is 12.6. The fraction of sp³-hybridized carbons (Fsp3) is 0.318. The van der Waals surface area contributed by atoms with Gasteiger partial charge in [0, 0.05) is 35.6 Å². The summed E-state index contributed by atoms with van der Waals surface area (Å²) in [5.74, 6) is 0.625.